The van der Waals surface area contributed by atoms with E-state index < -0.39 is 43.1 Å². The Morgan fingerprint density at radius 2 is 1.12 bits per heavy atom. The third-order valence-electron chi connectivity index (χ3n) is 1.82. The van der Waals surface area contributed by atoms with Crippen molar-refractivity contribution in [3.8, 4) is 0 Å². The summed E-state index contributed by atoms with van der Waals surface area (Å²) in [6.45, 7) is 0. The van der Waals surface area contributed by atoms with Crippen LogP contribution in [0.3, 0.4) is 0 Å². The maximum Gasteiger partial charge on any atom is 0.537 e. The van der Waals surface area contributed by atoms with Crippen LogP contribution in [0.15, 0.2) is 0 Å². The Hall–Kier alpha value is -1.03. The van der Waals surface area contributed by atoms with Crippen LogP contribution in [0, 0.1) is 29.1 Å². The molecule has 0 radical (unpaired) electrons. The minimum atomic E-state index is -5.12. The summed E-state index contributed by atoms with van der Waals surface area (Å²) in [5.74, 6) is -11.5. The van der Waals surface area contributed by atoms with Crippen molar-refractivity contribution in [1.82, 2.24) is 0 Å². The Kier molecular flexibility index (Phi) is 3.33. The van der Waals surface area contributed by atoms with Crippen LogP contribution >= 0.6 is 0 Å². The van der Waals surface area contributed by atoms with Crippen molar-refractivity contribution < 1.29 is 36.0 Å². The van der Waals surface area contributed by atoms with Gasteiger partial charge in [-0.15, -0.1) is 0 Å². The number of rotatable bonds is 2. The lowest BCUT2D eigenvalue weighted by Crippen LogP contribution is -2.55. The minimum Gasteiger partial charge on any atom is -0.386 e. The molecule has 0 unspecified atom stereocenters. The second kappa shape index (κ2) is 4.09. The molecule has 0 aromatic heterocycles. The summed E-state index contributed by atoms with van der Waals surface area (Å²) < 4.78 is 67.8. The van der Waals surface area contributed by atoms with E-state index in [0.717, 1.165) is 0 Å². The lowest BCUT2D eigenvalue weighted by atomic mass is 10.3. The van der Waals surface area contributed by atoms with E-state index in [2.05, 4.69) is 4.43 Å². The first-order chi connectivity index (χ1) is 7.24. The predicted octanol–water partition coefficient (Wildman–Crippen LogP) is 0.159. The number of hydrogen-bond acceptors (Lipinski definition) is 3. The summed E-state index contributed by atoms with van der Waals surface area (Å²) in [7, 11) is -4.45. The van der Waals surface area contributed by atoms with E-state index in [1.807, 2.05) is 0 Å². The Morgan fingerprint density at radius 3 is 1.44 bits per heavy atom. The van der Waals surface area contributed by atoms with Crippen LogP contribution in [-0.4, -0.2) is 25.5 Å². The van der Waals surface area contributed by atoms with Crippen LogP contribution in [0.2, 0.25) is 0 Å². The molecule has 0 bridgehead atoms. The largest absolute Gasteiger partial charge is 0.537 e. The molecule has 1 rings (SSSR count). The second-order valence-corrected chi connectivity index (χ2v) is 4.88. The molecular formula is C7H5F5O3Si. The summed E-state index contributed by atoms with van der Waals surface area (Å²) in [6.07, 6.45) is 0. The van der Waals surface area contributed by atoms with Crippen LogP contribution in [0.5, 0.6) is 0 Å². The molecule has 0 fully saturated rings. The van der Waals surface area contributed by atoms with Gasteiger partial charge < -0.3 is 14.0 Å². The molecule has 0 saturated heterocycles. The zero-order valence-electron chi connectivity index (χ0n) is 7.69. The van der Waals surface area contributed by atoms with Crippen molar-refractivity contribution in [2.45, 2.75) is 0 Å². The van der Waals surface area contributed by atoms with Gasteiger partial charge in [0.05, 0.1) is 5.19 Å². The first kappa shape index (κ1) is 13.0. The molecule has 16 heavy (non-hydrogen) atoms. The first-order valence-electron chi connectivity index (χ1n) is 3.75. The van der Waals surface area contributed by atoms with E-state index in [9.17, 15) is 22.0 Å². The summed E-state index contributed by atoms with van der Waals surface area (Å²) in [5.41, 5.74) is 0. The van der Waals surface area contributed by atoms with Crippen LogP contribution in [-0.2, 0) is 4.43 Å². The highest BCUT2D eigenvalue weighted by atomic mass is 28.4. The van der Waals surface area contributed by atoms with Gasteiger partial charge in [-0.2, -0.15) is 0 Å². The number of benzene rings is 1. The smallest absolute Gasteiger partial charge is 0.386 e. The van der Waals surface area contributed by atoms with Gasteiger partial charge in [-0.1, -0.05) is 0 Å². The van der Waals surface area contributed by atoms with Gasteiger partial charge in [0.15, 0.2) is 23.3 Å². The van der Waals surface area contributed by atoms with Gasteiger partial charge >= 0.3 is 8.80 Å². The van der Waals surface area contributed by atoms with Crippen LogP contribution in [0.4, 0.5) is 22.0 Å². The molecule has 2 N–H and O–H groups in total. The van der Waals surface area contributed by atoms with Crippen molar-refractivity contribution in [3.05, 3.63) is 29.1 Å². The quantitative estimate of drug-likeness (QED) is 0.345. The molecule has 0 aliphatic heterocycles. The standard InChI is InChI=1S/C7H5F5O3Si/c1-15-16(13,14)7-5(11)3(9)2(8)4(10)6(7)12/h13-14H,1H3. The van der Waals surface area contributed by atoms with Gasteiger partial charge in [0.25, 0.3) is 0 Å². The molecule has 0 atom stereocenters. The average molecular weight is 260 g/mol. The normalized spacial score (nSPS) is 12.0. The third kappa shape index (κ3) is 1.82. The Balaban J connectivity index is 3.65. The fourth-order valence-corrected chi connectivity index (χ4v) is 1.99. The number of halogens is 5. The molecule has 90 valence electrons. The molecule has 0 aliphatic carbocycles. The van der Waals surface area contributed by atoms with Crippen molar-refractivity contribution in [3.63, 3.8) is 0 Å². The summed E-state index contributed by atoms with van der Waals surface area (Å²) in [5, 5.41) is -1.73. The average Bonchev–Trinajstić information content (AvgIpc) is 2.23. The lowest BCUT2D eigenvalue weighted by molar-refractivity contribution is 0.200. The Bertz CT molecular complexity index is 408. The van der Waals surface area contributed by atoms with E-state index in [4.69, 9.17) is 9.59 Å². The zero-order chi connectivity index (χ0) is 12.7. The molecule has 1 aromatic rings. The van der Waals surface area contributed by atoms with Crippen molar-refractivity contribution in [1.29, 1.82) is 0 Å². The predicted molar refractivity (Wildman–Crippen MR) is 43.1 cm³/mol. The van der Waals surface area contributed by atoms with Gasteiger partial charge in [-0.25, -0.2) is 22.0 Å². The molecule has 0 spiro atoms. The van der Waals surface area contributed by atoms with Crippen LogP contribution in [0.1, 0.15) is 0 Å². The first-order valence-corrected chi connectivity index (χ1v) is 5.56. The van der Waals surface area contributed by atoms with Gasteiger partial charge in [0, 0.05) is 7.11 Å². The van der Waals surface area contributed by atoms with E-state index in [1.54, 1.807) is 0 Å². The summed E-state index contributed by atoms with van der Waals surface area (Å²) in [6, 6.07) is 0. The van der Waals surface area contributed by atoms with Crippen LogP contribution < -0.4 is 5.19 Å². The van der Waals surface area contributed by atoms with E-state index in [0.29, 0.717) is 7.11 Å². The minimum absolute atomic E-state index is 0.671. The highest BCUT2D eigenvalue weighted by Crippen LogP contribution is 2.18. The molecule has 0 aliphatic rings. The molecule has 0 heterocycles. The summed E-state index contributed by atoms with van der Waals surface area (Å²) in [4.78, 5) is 18.1. The molecular weight excluding hydrogens is 255 g/mol. The van der Waals surface area contributed by atoms with E-state index >= 15 is 0 Å². The van der Waals surface area contributed by atoms with Crippen LogP contribution in [0.25, 0.3) is 0 Å². The second-order valence-electron chi connectivity index (χ2n) is 2.76. The fourth-order valence-electron chi connectivity index (χ4n) is 0.993. The van der Waals surface area contributed by atoms with Gasteiger partial charge in [0.1, 0.15) is 0 Å². The molecule has 1 aromatic carbocycles. The van der Waals surface area contributed by atoms with Crippen molar-refractivity contribution in [2.24, 2.45) is 0 Å². The van der Waals surface area contributed by atoms with Gasteiger partial charge in [-0.3, -0.25) is 0 Å². The SMILES string of the molecule is CO[Si](O)(O)c1c(F)c(F)c(F)c(F)c1F. The van der Waals surface area contributed by atoms with Crippen molar-refractivity contribution >= 4 is 14.0 Å². The van der Waals surface area contributed by atoms with Gasteiger partial charge in [0.2, 0.25) is 5.82 Å². The summed E-state index contributed by atoms with van der Waals surface area (Å²) >= 11 is 0. The third-order valence-corrected chi connectivity index (χ3v) is 3.48. The van der Waals surface area contributed by atoms with E-state index in [-0.39, 0.29) is 0 Å². The van der Waals surface area contributed by atoms with E-state index in [1.165, 1.54) is 0 Å². The monoisotopic (exact) mass is 260 g/mol. The topological polar surface area (TPSA) is 49.7 Å². The lowest BCUT2D eigenvalue weighted by Gasteiger charge is -2.17. The Morgan fingerprint density at radius 1 is 0.812 bits per heavy atom. The molecule has 9 heteroatoms. The van der Waals surface area contributed by atoms with Crippen molar-refractivity contribution in [2.75, 3.05) is 7.11 Å². The highest BCUT2D eigenvalue weighted by Gasteiger charge is 2.44. The fraction of sp³-hybridized carbons (Fsp3) is 0.143. The highest BCUT2D eigenvalue weighted by molar-refractivity contribution is 6.73. The van der Waals surface area contributed by atoms with Gasteiger partial charge in [-0.05, 0) is 0 Å². The maximum absolute atomic E-state index is 13.0. The molecule has 3 nitrogen and oxygen atoms in total. The number of hydrogen-bond donors (Lipinski definition) is 2. The molecule has 0 saturated carbocycles. The maximum atomic E-state index is 13.0. The Labute approximate surface area is 87.1 Å². The molecule has 0 amide bonds. The zero-order valence-corrected chi connectivity index (χ0v) is 8.69.